The van der Waals surface area contributed by atoms with Gasteiger partial charge in [-0.3, -0.25) is 18.1 Å². The van der Waals surface area contributed by atoms with Crippen molar-refractivity contribution in [2.45, 2.75) is 50.4 Å². The molecule has 3 fully saturated rings. The van der Waals surface area contributed by atoms with Crippen molar-refractivity contribution in [3.05, 3.63) is 40.9 Å². The Morgan fingerprint density at radius 3 is 2.92 bits per heavy atom. The molecule has 3 aliphatic rings. The summed E-state index contributed by atoms with van der Waals surface area (Å²) >= 11 is 5.96. The number of aromatic nitrogens is 4. The molecule has 0 bridgehead atoms. The Hall–Kier alpha value is -3.07. The van der Waals surface area contributed by atoms with Crippen molar-refractivity contribution in [3.8, 4) is 5.88 Å². The van der Waals surface area contributed by atoms with Crippen LogP contribution in [0.5, 0.6) is 5.88 Å². The van der Waals surface area contributed by atoms with Crippen molar-refractivity contribution in [3.63, 3.8) is 0 Å². The van der Waals surface area contributed by atoms with Gasteiger partial charge in [0.1, 0.15) is 11.9 Å². The maximum Gasteiger partial charge on any atom is 0.509 e. The number of imidazole rings is 1. The number of fused-ring (bicyclic) bond motifs is 2. The highest BCUT2D eigenvalue weighted by atomic mass is 35.5. The van der Waals surface area contributed by atoms with Crippen molar-refractivity contribution in [1.82, 2.24) is 19.5 Å². The van der Waals surface area contributed by atoms with E-state index in [2.05, 4.69) is 15.0 Å². The first-order valence-electron chi connectivity index (χ1n) is 12.3. The monoisotopic (exact) mass is 599 g/mol. The van der Waals surface area contributed by atoms with Crippen molar-refractivity contribution < 1.29 is 46.3 Å². The van der Waals surface area contributed by atoms with Crippen LogP contribution in [-0.4, -0.2) is 63.3 Å². The zero-order valence-electron chi connectivity index (χ0n) is 21.2. The third kappa shape index (κ3) is 4.76. The van der Waals surface area contributed by atoms with Crippen LogP contribution in [0.2, 0.25) is 5.02 Å². The van der Waals surface area contributed by atoms with Gasteiger partial charge in [-0.05, 0) is 37.6 Å². The summed E-state index contributed by atoms with van der Waals surface area (Å²) in [4.78, 5) is 24.9. The van der Waals surface area contributed by atoms with Gasteiger partial charge >= 0.3 is 14.0 Å². The Morgan fingerprint density at radius 2 is 2.15 bits per heavy atom. The van der Waals surface area contributed by atoms with Gasteiger partial charge in [0.2, 0.25) is 11.8 Å². The van der Waals surface area contributed by atoms with Crippen LogP contribution >= 0.6 is 19.4 Å². The number of anilines is 1. The fraction of sp³-hybridized carbons (Fsp3) is 0.478. The lowest BCUT2D eigenvalue weighted by Crippen LogP contribution is -2.42. The lowest BCUT2D eigenvalue weighted by Gasteiger charge is -2.30. The fourth-order valence-electron chi connectivity index (χ4n) is 5.01. The van der Waals surface area contributed by atoms with Crippen LogP contribution in [-0.2, 0) is 32.3 Å². The van der Waals surface area contributed by atoms with Gasteiger partial charge in [-0.1, -0.05) is 11.6 Å². The number of phosphoric acid groups is 1. The topological polar surface area (TPSA) is 168 Å². The van der Waals surface area contributed by atoms with Crippen LogP contribution in [0.25, 0.3) is 11.2 Å². The lowest BCUT2D eigenvalue weighted by atomic mass is 9.96. The van der Waals surface area contributed by atoms with Gasteiger partial charge in [0.25, 0.3) is 0 Å². The quantitative estimate of drug-likeness (QED) is 0.305. The Morgan fingerprint density at radius 1 is 1.32 bits per heavy atom. The molecule has 0 radical (unpaired) electrons. The number of nitrogens with zero attached hydrogens (tertiary/aromatic N) is 4. The van der Waals surface area contributed by atoms with E-state index in [0.717, 1.165) is 6.07 Å². The van der Waals surface area contributed by atoms with E-state index in [4.69, 9.17) is 49.9 Å². The third-order valence-electron chi connectivity index (χ3n) is 6.70. The molecule has 5 heterocycles. The minimum atomic E-state index is -4.13. The number of hydrogen-bond acceptors (Lipinski definition) is 13. The van der Waals surface area contributed by atoms with Crippen LogP contribution in [0.15, 0.2) is 24.5 Å². The normalized spacial score (nSPS) is 31.6. The number of halogens is 2. The van der Waals surface area contributed by atoms with Crippen molar-refractivity contribution in [1.29, 1.82) is 0 Å². The number of ether oxygens (including phenoxy) is 4. The smallest absolute Gasteiger partial charge is 0.476 e. The van der Waals surface area contributed by atoms with Crippen molar-refractivity contribution >= 4 is 42.7 Å². The van der Waals surface area contributed by atoms with E-state index in [1.54, 1.807) is 13.8 Å². The first-order valence-corrected chi connectivity index (χ1v) is 14.1. The maximum absolute atomic E-state index is 13.9. The maximum atomic E-state index is 13.9. The molecule has 2 aromatic heterocycles. The molecule has 6 atom stereocenters. The fourth-order valence-corrected chi connectivity index (χ4v) is 6.63. The van der Waals surface area contributed by atoms with E-state index >= 15 is 0 Å². The van der Waals surface area contributed by atoms with Gasteiger partial charge in [-0.25, -0.2) is 18.7 Å². The number of rotatable bonds is 7. The van der Waals surface area contributed by atoms with Gasteiger partial charge in [-0.15, -0.1) is 0 Å². The van der Waals surface area contributed by atoms with E-state index in [-0.39, 0.29) is 35.7 Å². The molecule has 3 aromatic rings. The summed E-state index contributed by atoms with van der Waals surface area (Å²) in [6, 6.07) is 3.90. The SMILES string of the molecule is CCOc1nc(N)nc2c1ncn2[C@@H]1O[C@H](CO[P@]2(=O)OCC[C@H](c3cc(F)cc(Cl)c3)O2)[C@H]2OC(=O)O[C@]21C. The van der Waals surface area contributed by atoms with E-state index in [1.165, 1.54) is 23.0 Å². The summed E-state index contributed by atoms with van der Waals surface area (Å²) in [5.74, 6) is -0.439. The first kappa shape index (κ1) is 27.1. The largest absolute Gasteiger partial charge is 0.509 e. The summed E-state index contributed by atoms with van der Waals surface area (Å²) < 4.78 is 68.0. The average molecular weight is 600 g/mol. The van der Waals surface area contributed by atoms with Gasteiger partial charge in [-0.2, -0.15) is 9.97 Å². The molecule has 3 aliphatic heterocycles. The zero-order valence-corrected chi connectivity index (χ0v) is 22.8. The predicted octanol–water partition coefficient (Wildman–Crippen LogP) is 4.09. The average Bonchev–Trinajstić information content (AvgIpc) is 3.51. The van der Waals surface area contributed by atoms with E-state index in [9.17, 15) is 13.8 Å². The molecule has 17 heteroatoms. The van der Waals surface area contributed by atoms with Gasteiger partial charge < -0.3 is 24.7 Å². The molecule has 6 rings (SSSR count). The van der Waals surface area contributed by atoms with Gasteiger partial charge in [0, 0.05) is 11.4 Å². The standard InChI is InChI=1S/C23H24ClFN5O9P/c1-3-33-19-16-18(28-21(26)29-19)30(10-27-16)20-23(2)17(37-22(31)38-23)15(36-20)9-35-40(32)34-5-4-14(39-40)11-6-12(24)8-13(25)7-11/h6-8,10,14-15,17,20H,3-5,9H2,1-2H3,(H2,26,28,29)/t14-,15-,17-,20-,23-,40+/m1/s1. The molecular formula is C23H24ClFN5O9P. The Labute approximate surface area is 231 Å². The molecule has 40 heavy (non-hydrogen) atoms. The molecule has 0 unspecified atom stereocenters. The molecule has 3 saturated heterocycles. The van der Waals surface area contributed by atoms with Gasteiger partial charge in [0.15, 0.2) is 29.1 Å². The Bertz CT molecular complexity index is 1510. The highest BCUT2D eigenvalue weighted by molar-refractivity contribution is 7.48. The number of nitrogen functional groups attached to an aromatic ring is 1. The molecule has 1 aromatic carbocycles. The van der Waals surface area contributed by atoms with E-state index < -0.39 is 49.9 Å². The second kappa shape index (κ2) is 10.1. The van der Waals surface area contributed by atoms with Crippen LogP contribution in [0, 0.1) is 5.82 Å². The summed E-state index contributed by atoms with van der Waals surface area (Å²) in [7, 11) is -4.13. The molecule has 0 saturated carbocycles. The summed E-state index contributed by atoms with van der Waals surface area (Å²) in [5, 5.41) is 0.168. The summed E-state index contributed by atoms with van der Waals surface area (Å²) in [6.45, 7) is 3.38. The number of hydrogen-bond donors (Lipinski definition) is 1. The summed E-state index contributed by atoms with van der Waals surface area (Å²) in [5.41, 5.74) is 5.51. The second-order valence-corrected chi connectivity index (χ2v) is 11.5. The number of carbonyl (C=O) groups is 1. The van der Waals surface area contributed by atoms with E-state index in [0.29, 0.717) is 24.1 Å². The van der Waals surface area contributed by atoms with Crippen molar-refractivity contribution in [2.24, 2.45) is 0 Å². The number of benzene rings is 1. The van der Waals surface area contributed by atoms with Crippen LogP contribution in [0.1, 0.15) is 38.2 Å². The lowest BCUT2D eigenvalue weighted by molar-refractivity contribution is -0.0925. The number of carbonyl (C=O) groups excluding carboxylic acids is 1. The van der Waals surface area contributed by atoms with Crippen LogP contribution in [0.3, 0.4) is 0 Å². The molecular weight excluding hydrogens is 576 g/mol. The molecule has 0 spiro atoms. The van der Waals surface area contributed by atoms with Gasteiger partial charge in [0.05, 0.1) is 32.3 Å². The molecule has 14 nitrogen and oxygen atoms in total. The summed E-state index contributed by atoms with van der Waals surface area (Å²) in [6.07, 6.45) is -2.92. The zero-order chi connectivity index (χ0) is 28.2. The second-order valence-electron chi connectivity index (χ2n) is 9.41. The van der Waals surface area contributed by atoms with Crippen molar-refractivity contribution in [2.75, 3.05) is 25.6 Å². The predicted molar refractivity (Wildman–Crippen MR) is 134 cm³/mol. The van der Waals surface area contributed by atoms with Crippen LogP contribution < -0.4 is 10.5 Å². The third-order valence-corrected chi connectivity index (χ3v) is 8.40. The highest BCUT2D eigenvalue weighted by Crippen LogP contribution is 2.58. The molecule has 214 valence electrons. The number of nitrogens with two attached hydrogens (primary N) is 1. The Balaban J connectivity index is 1.24. The number of phosphoric ester groups is 1. The molecule has 2 N–H and O–H groups in total. The Kier molecular flexibility index (Phi) is 6.84. The molecule has 0 aliphatic carbocycles. The minimum absolute atomic E-state index is 0.0216. The van der Waals surface area contributed by atoms with E-state index in [1.807, 2.05) is 0 Å². The first-order chi connectivity index (χ1) is 19.1. The van der Waals surface area contributed by atoms with Crippen LogP contribution in [0.4, 0.5) is 15.1 Å². The molecule has 0 amide bonds. The highest BCUT2D eigenvalue weighted by Gasteiger charge is 2.64. The minimum Gasteiger partial charge on any atom is -0.476 e.